The number of aromatic hydroxyl groups is 2. The Balaban J connectivity index is 0.00000308. The van der Waals surface area contributed by atoms with Gasteiger partial charge in [-0.05, 0) is 41.3 Å². The summed E-state index contributed by atoms with van der Waals surface area (Å²) in [6.07, 6.45) is 0. The van der Waals surface area contributed by atoms with E-state index in [1.165, 1.54) is 0 Å². The molecule has 0 aliphatic carbocycles. The van der Waals surface area contributed by atoms with Crippen molar-refractivity contribution in [1.29, 1.82) is 0 Å². The van der Waals surface area contributed by atoms with E-state index < -0.39 is 63.5 Å². The molecule has 1 heterocycles. The fourth-order valence-electron chi connectivity index (χ4n) is 3.35. The number of hydrogen-bond donors (Lipinski definition) is 6. The summed E-state index contributed by atoms with van der Waals surface area (Å²) in [5.41, 5.74) is 3.23. The van der Waals surface area contributed by atoms with Crippen LogP contribution in [0.25, 0.3) is 10.8 Å². The Bertz CT molecular complexity index is 1960. The predicted molar refractivity (Wildman–Crippen MR) is 148 cm³/mol. The average Bonchev–Trinajstić information content (AvgIpc) is 2.82. The molecule has 0 atom stereocenters. The second kappa shape index (κ2) is 13.3. The van der Waals surface area contributed by atoms with Crippen LogP contribution in [0.15, 0.2) is 56.4 Å². The van der Waals surface area contributed by atoms with Gasteiger partial charge in [-0.3, -0.25) is 19.2 Å². The summed E-state index contributed by atoms with van der Waals surface area (Å²) in [6.45, 7) is 0. The number of fused-ring (bicyclic) bond motifs is 1. The van der Waals surface area contributed by atoms with Crippen molar-refractivity contribution in [1.82, 2.24) is 15.0 Å². The molecule has 0 fully saturated rings. The van der Waals surface area contributed by atoms with Gasteiger partial charge in [0.1, 0.15) is 22.0 Å². The number of phenols is 2. The van der Waals surface area contributed by atoms with Crippen LogP contribution in [0.5, 0.6) is 11.5 Å². The van der Waals surface area contributed by atoms with Crippen molar-refractivity contribution in [2.45, 2.75) is 9.79 Å². The van der Waals surface area contributed by atoms with Gasteiger partial charge in [0.2, 0.25) is 17.2 Å². The van der Waals surface area contributed by atoms with Crippen molar-refractivity contribution in [2.75, 3.05) is 11.1 Å². The second-order valence-electron chi connectivity index (χ2n) is 7.63. The fraction of sp³-hybridized carbons (Fsp3) is 0. The van der Waals surface area contributed by atoms with Crippen LogP contribution in [0.4, 0.5) is 34.6 Å². The van der Waals surface area contributed by atoms with Crippen LogP contribution in [0.3, 0.4) is 0 Å². The molecule has 0 aliphatic heterocycles. The molecule has 1 aromatic heterocycles. The third-order valence-electron chi connectivity index (χ3n) is 5.00. The number of nitro benzene ring substituents is 1. The number of anilines is 3. The third kappa shape index (κ3) is 7.79. The molecule has 42 heavy (non-hydrogen) atoms. The summed E-state index contributed by atoms with van der Waals surface area (Å²) >= 11 is 5.76. The number of aromatic nitrogens is 3. The van der Waals surface area contributed by atoms with Gasteiger partial charge in [-0.15, -0.1) is 10.2 Å². The maximum atomic E-state index is 12.2. The zero-order chi connectivity index (χ0) is 29.6. The van der Waals surface area contributed by atoms with Crippen molar-refractivity contribution >= 4 is 136 Å². The van der Waals surface area contributed by atoms with Gasteiger partial charge in [0.25, 0.3) is 25.9 Å². The van der Waals surface area contributed by atoms with E-state index in [1.54, 1.807) is 0 Å². The Labute approximate surface area is 284 Å². The minimum absolute atomic E-state index is 0. The van der Waals surface area contributed by atoms with E-state index in [0.717, 1.165) is 30.3 Å². The van der Waals surface area contributed by atoms with E-state index in [-0.39, 0.29) is 92.8 Å². The second-order valence-corrected chi connectivity index (χ2v) is 10.8. The zero-order valence-corrected chi connectivity index (χ0v) is 27.5. The molecule has 4 rings (SSSR count). The molecule has 7 N–H and O–H groups in total. The van der Waals surface area contributed by atoms with E-state index in [2.05, 4.69) is 30.5 Å². The van der Waals surface area contributed by atoms with Crippen LogP contribution in [-0.2, 0) is 20.2 Å². The molecule has 0 amide bonds. The Kier molecular flexibility index (Phi) is 11.2. The maximum Gasteiger partial charge on any atom is 0.296 e. The number of nitrogen functional groups attached to an aromatic ring is 1. The van der Waals surface area contributed by atoms with Crippen molar-refractivity contribution < 1.29 is 41.1 Å². The molecular weight excluding hydrogens is 646 g/mol. The first-order valence-electron chi connectivity index (χ1n) is 10.2. The van der Waals surface area contributed by atoms with Crippen LogP contribution in [0.1, 0.15) is 0 Å². The molecule has 0 saturated carbocycles. The van der Waals surface area contributed by atoms with Crippen molar-refractivity contribution in [3.05, 3.63) is 51.8 Å². The summed E-state index contributed by atoms with van der Waals surface area (Å²) < 4.78 is 67.5. The topological polar surface area (TPSA) is 294 Å². The quantitative estimate of drug-likeness (QED) is 0.0546. The molecule has 0 saturated heterocycles. The Hall–Kier alpha value is -2.76. The predicted octanol–water partition coefficient (Wildman–Crippen LogP) is 2.47. The number of nitrogens with two attached hydrogens (primary N) is 1. The van der Waals surface area contributed by atoms with E-state index in [9.17, 15) is 46.3 Å². The Morgan fingerprint density at radius 1 is 0.952 bits per heavy atom. The third-order valence-corrected chi connectivity index (χ3v) is 6.87. The summed E-state index contributed by atoms with van der Waals surface area (Å²) in [5.74, 6) is -2.35. The first-order valence-corrected chi connectivity index (χ1v) is 13.4. The molecule has 0 unspecified atom stereocenters. The summed E-state index contributed by atoms with van der Waals surface area (Å²) in [7, 11) is -10.1. The number of rotatable bonds is 7. The van der Waals surface area contributed by atoms with Gasteiger partial charge in [-0.1, -0.05) is 0 Å². The molecule has 18 nitrogen and oxygen atoms in total. The molecule has 23 heteroatoms. The number of benzene rings is 3. The van der Waals surface area contributed by atoms with Crippen LogP contribution in [-0.4, -0.2) is 115 Å². The van der Waals surface area contributed by atoms with Gasteiger partial charge in [0, 0.05) is 76.6 Å². The first-order chi connectivity index (χ1) is 18.5. The van der Waals surface area contributed by atoms with E-state index >= 15 is 0 Å². The number of nitro groups is 1. The number of non-ortho nitro benzene ring substituents is 1. The van der Waals surface area contributed by atoms with Crippen LogP contribution >= 0.6 is 11.6 Å². The maximum absolute atomic E-state index is 12.2. The normalized spacial score (nSPS) is 11.6. The average molecular weight is 659 g/mol. The number of hydrogen-bond acceptors (Lipinski definition) is 15. The van der Waals surface area contributed by atoms with Gasteiger partial charge in [0.05, 0.1) is 15.5 Å². The summed E-state index contributed by atoms with van der Waals surface area (Å²) in [6, 6.07) is 4.94. The number of nitrogens with one attached hydrogen (secondary N) is 1. The van der Waals surface area contributed by atoms with Gasteiger partial charge in [-0.2, -0.15) is 31.8 Å². The monoisotopic (exact) mass is 658 g/mol. The van der Waals surface area contributed by atoms with Crippen LogP contribution < -0.4 is 11.1 Å². The molecule has 0 aliphatic rings. The largest absolute Gasteiger partial charge is 0.506 e. The van der Waals surface area contributed by atoms with E-state index in [1.807, 2.05) is 0 Å². The van der Waals surface area contributed by atoms with Crippen molar-refractivity contribution in [3.8, 4) is 11.5 Å². The van der Waals surface area contributed by atoms with Crippen LogP contribution in [0, 0.1) is 10.1 Å². The van der Waals surface area contributed by atoms with Gasteiger partial charge < -0.3 is 21.3 Å². The number of phenolic OH excluding ortho intramolecular Hbond substituents is 2. The van der Waals surface area contributed by atoms with E-state index in [0.29, 0.717) is 6.07 Å². The van der Waals surface area contributed by atoms with Crippen molar-refractivity contribution in [2.24, 2.45) is 10.2 Å². The fourth-order valence-corrected chi connectivity index (χ4v) is 4.72. The summed E-state index contributed by atoms with van der Waals surface area (Å²) in [4.78, 5) is 19.4. The first kappa shape index (κ1) is 35.4. The summed E-state index contributed by atoms with van der Waals surface area (Å²) in [5, 5.41) is 40.7. The Morgan fingerprint density at radius 2 is 1.62 bits per heavy atom. The van der Waals surface area contributed by atoms with Gasteiger partial charge >= 0.3 is 0 Å². The molecule has 4 aromatic rings. The molecule has 0 spiro atoms. The molecule has 3 aromatic carbocycles. The zero-order valence-electron chi connectivity index (χ0n) is 21.2. The minimum atomic E-state index is -5.20. The van der Waals surface area contributed by atoms with Crippen LogP contribution in [0.2, 0.25) is 5.28 Å². The van der Waals surface area contributed by atoms with Gasteiger partial charge in [0.15, 0.2) is 5.75 Å². The minimum Gasteiger partial charge on any atom is -0.506 e. The molecule has 0 bridgehead atoms. The van der Waals surface area contributed by atoms with E-state index in [4.69, 9.17) is 17.3 Å². The SMILES string of the molecule is Nc1nc(Cl)nc(Nc2cc(S(=O)(=O)O)cc3cc(S(=O)(=O)O)c(N=Nc4cc([N+](=O)[O-])ccc4O)c(O)c23)n1.[Na].[Na]. The standard InChI is InChI=1S/C19H13ClN8O10S2.2Na/c20-17-23-18(21)25-19(24-17)22-11-6-9(39(33,34)35)3-7-4-13(40(36,37)38)15(16(30)14(7)11)27-26-10-5-8(28(31)32)1-2-12(10)29;;/h1-6,29-30H,(H,33,34,35)(H,36,37,38)(H3,21,22,23,24,25);;. The van der Waals surface area contributed by atoms with Gasteiger partial charge in [-0.25, -0.2) is 0 Å². The number of halogens is 1. The smallest absolute Gasteiger partial charge is 0.296 e. The molecule has 2 radical (unpaired) electrons. The number of azo groups is 1. The molecular formula is C19H13ClN8Na2O10S2. The van der Waals surface area contributed by atoms with Crippen molar-refractivity contribution in [3.63, 3.8) is 0 Å². The number of nitrogens with zero attached hydrogens (tertiary/aromatic N) is 6. The Morgan fingerprint density at radius 3 is 2.19 bits per heavy atom. The molecule has 210 valence electrons.